The van der Waals surface area contributed by atoms with Crippen LogP contribution in [0.4, 0.5) is 11.4 Å². The molecule has 1 heterocycles. The van der Waals surface area contributed by atoms with Crippen LogP contribution >= 0.6 is 0 Å². The van der Waals surface area contributed by atoms with Crippen LogP contribution in [-0.4, -0.2) is 12.0 Å². The molecule has 0 saturated carbocycles. The Morgan fingerprint density at radius 1 is 1.18 bits per heavy atom. The molecule has 0 unspecified atom stereocenters. The second-order valence-corrected chi connectivity index (χ2v) is 4.27. The number of pyridine rings is 1. The van der Waals surface area contributed by atoms with E-state index in [1.807, 2.05) is 6.07 Å². The van der Waals surface area contributed by atoms with Gasteiger partial charge >= 0.3 is 0 Å². The Hall–Kier alpha value is -2.03. The Bertz CT molecular complexity index is 491. The number of aromatic nitrogens is 1. The predicted molar refractivity (Wildman–Crippen MR) is 71.9 cm³/mol. The van der Waals surface area contributed by atoms with Crippen molar-refractivity contribution >= 4 is 11.4 Å². The molecule has 0 amide bonds. The molecule has 1 aromatic carbocycles. The molecule has 3 nitrogen and oxygen atoms in total. The average Bonchev–Trinajstić information content (AvgIpc) is 2.29. The molecule has 0 saturated heterocycles. The zero-order valence-electron chi connectivity index (χ0n) is 10.2. The van der Waals surface area contributed by atoms with Crippen molar-refractivity contribution in [1.29, 1.82) is 0 Å². The summed E-state index contributed by atoms with van der Waals surface area (Å²) in [6, 6.07) is 12.2. The Morgan fingerprint density at radius 3 is 2.53 bits per heavy atom. The molecule has 1 aromatic heterocycles. The molecular weight excluding hydrogens is 210 g/mol. The zero-order valence-corrected chi connectivity index (χ0v) is 10.2. The summed E-state index contributed by atoms with van der Waals surface area (Å²) < 4.78 is 0. The number of hydrogen-bond donors (Lipinski definition) is 1. The third-order valence-electron chi connectivity index (χ3n) is 2.71. The molecule has 2 rings (SSSR count). The highest BCUT2D eigenvalue weighted by Gasteiger charge is 2.03. The van der Waals surface area contributed by atoms with Gasteiger partial charge in [0.25, 0.3) is 0 Å². The summed E-state index contributed by atoms with van der Waals surface area (Å²) in [5, 5.41) is 0. The highest BCUT2D eigenvalue weighted by Crippen LogP contribution is 2.16. The fourth-order valence-electron chi connectivity index (χ4n) is 1.72. The summed E-state index contributed by atoms with van der Waals surface area (Å²) in [6.07, 6.45) is 1.74. The first-order valence-corrected chi connectivity index (χ1v) is 5.63. The number of nitrogens with two attached hydrogens (primary N) is 1. The summed E-state index contributed by atoms with van der Waals surface area (Å²) in [7, 11) is 2.05. The van der Waals surface area contributed by atoms with Crippen molar-refractivity contribution in [1.82, 2.24) is 4.98 Å². The van der Waals surface area contributed by atoms with Gasteiger partial charge in [-0.25, -0.2) is 0 Å². The van der Waals surface area contributed by atoms with Gasteiger partial charge in [0.05, 0.1) is 12.2 Å². The monoisotopic (exact) mass is 227 g/mol. The summed E-state index contributed by atoms with van der Waals surface area (Å²) in [5.74, 6) is 0. The summed E-state index contributed by atoms with van der Waals surface area (Å²) in [5.41, 5.74) is 9.92. The smallest absolute Gasteiger partial charge is 0.0617 e. The van der Waals surface area contributed by atoms with Crippen molar-refractivity contribution in [3.8, 4) is 0 Å². The van der Waals surface area contributed by atoms with E-state index in [0.29, 0.717) is 0 Å². The van der Waals surface area contributed by atoms with Crippen LogP contribution in [0.5, 0.6) is 0 Å². The van der Waals surface area contributed by atoms with Gasteiger partial charge in [-0.2, -0.15) is 0 Å². The summed E-state index contributed by atoms with van der Waals surface area (Å²) >= 11 is 0. The first-order chi connectivity index (χ1) is 8.15. The van der Waals surface area contributed by atoms with Gasteiger partial charge in [-0.1, -0.05) is 17.7 Å². The SMILES string of the molecule is Cc1ccc(N(C)Cc2cc(N)ccn2)cc1. The van der Waals surface area contributed by atoms with E-state index in [1.165, 1.54) is 11.3 Å². The molecule has 0 spiro atoms. The van der Waals surface area contributed by atoms with Crippen LogP contribution in [0.2, 0.25) is 0 Å². The van der Waals surface area contributed by atoms with Crippen LogP contribution in [-0.2, 0) is 6.54 Å². The van der Waals surface area contributed by atoms with Gasteiger partial charge < -0.3 is 10.6 Å². The molecule has 0 bridgehead atoms. The maximum atomic E-state index is 5.73. The second kappa shape index (κ2) is 4.87. The first-order valence-electron chi connectivity index (χ1n) is 5.63. The first kappa shape index (κ1) is 11.5. The third-order valence-corrected chi connectivity index (χ3v) is 2.71. The van der Waals surface area contributed by atoms with Crippen LogP contribution in [0.25, 0.3) is 0 Å². The van der Waals surface area contributed by atoms with Gasteiger partial charge in [0.15, 0.2) is 0 Å². The van der Waals surface area contributed by atoms with E-state index in [0.717, 1.165) is 17.9 Å². The molecule has 88 valence electrons. The van der Waals surface area contributed by atoms with Gasteiger partial charge in [0, 0.05) is 24.6 Å². The molecule has 2 N–H and O–H groups in total. The minimum Gasteiger partial charge on any atom is -0.399 e. The number of nitrogen functional groups attached to an aromatic ring is 1. The molecule has 17 heavy (non-hydrogen) atoms. The van der Waals surface area contributed by atoms with Crippen LogP contribution in [0, 0.1) is 6.92 Å². The predicted octanol–water partition coefficient (Wildman–Crippen LogP) is 2.61. The molecule has 0 aliphatic rings. The van der Waals surface area contributed by atoms with Gasteiger partial charge in [-0.3, -0.25) is 4.98 Å². The van der Waals surface area contributed by atoms with E-state index < -0.39 is 0 Å². The lowest BCUT2D eigenvalue weighted by Gasteiger charge is -2.19. The molecule has 0 atom stereocenters. The van der Waals surface area contributed by atoms with Crippen molar-refractivity contribution in [2.75, 3.05) is 17.7 Å². The highest BCUT2D eigenvalue weighted by molar-refractivity contribution is 5.47. The number of rotatable bonds is 3. The lowest BCUT2D eigenvalue weighted by molar-refractivity contribution is 0.885. The maximum Gasteiger partial charge on any atom is 0.0617 e. The van der Waals surface area contributed by atoms with Crippen molar-refractivity contribution < 1.29 is 0 Å². The molecular formula is C14H17N3. The van der Waals surface area contributed by atoms with E-state index in [1.54, 1.807) is 12.3 Å². The maximum absolute atomic E-state index is 5.73. The second-order valence-electron chi connectivity index (χ2n) is 4.27. The normalized spacial score (nSPS) is 10.2. The van der Waals surface area contributed by atoms with Crippen molar-refractivity contribution in [3.63, 3.8) is 0 Å². The Labute approximate surface area is 102 Å². The number of benzene rings is 1. The topological polar surface area (TPSA) is 42.1 Å². The summed E-state index contributed by atoms with van der Waals surface area (Å²) in [6.45, 7) is 2.84. The minimum absolute atomic E-state index is 0.757. The number of anilines is 2. The largest absolute Gasteiger partial charge is 0.399 e. The summed E-state index contributed by atoms with van der Waals surface area (Å²) in [4.78, 5) is 6.45. The Kier molecular flexibility index (Phi) is 3.28. The van der Waals surface area contributed by atoms with Crippen LogP contribution in [0.1, 0.15) is 11.3 Å². The Morgan fingerprint density at radius 2 is 1.88 bits per heavy atom. The lowest BCUT2D eigenvalue weighted by Crippen LogP contribution is -2.17. The van der Waals surface area contributed by atoms with Gasteiger partial charge in [0.2, 0.25) is 0 Å². The van der Waals surface area contributed by atoms with Crippen LogP contribution < -0.4 is 10.6 Å². The number of hydrogen-bond acceptors (Lipinski definition) is 3. The third kappa shape index (κ3) is 2.97. The van der Waals surface area contributed by atoms with Gasteiger partial charge in [-0.05, 0) is 31.2 Å². The fraction of sp³-hybridized carbons (Fsp3) is 0.214. The van der Waals surface area contributed by atoms with Crippen molar-refractivity contribution in [2.45, 2.75) is 13.5 Å². The standard InChI is InChI=1S/C14H17N3/c1-11-3-5-14(6-4-11)17(2)10-13-9-12(15)7-8-16-13/h3-9H,10H2,1-2H3,(H2,15,16). The van der Waals surface area contributed by atoms with E-state index in [9.17, 15) is 0 Å². The van der Waals surface area contributed by atoms with E-state index >= 15 is 0 Å². The van der Waals surface area contributed by atoms with Crippen molar-refractivity contribution in [2.24, 2.45) is 0 Å². The van der Waals surface area contributed by atoms with Crippen LogP contribution in [0.15, 0.2) is 42.6 Å². The van der Waals surface area contributed by atoms with E-state index in [-0.39, 0.29) is 0 Å². The quantitative estimate of drug-likeness (QED) is 0.876. The van der Waals surface area contributed by atoms with Gasteiger partial charge in [-0.15, -0.1) is 0 Å². The molecule has 3 heteroatoms. The minimum atomic E-state index is 0.757. The molecule has 0 fully saturated rings. The van der Waals surface area contributed by atoms with Gasteiger partial charge in [0.1, 0.15) is 0 Å². The fourth-order valence-corrected chi connectivity index (χ4v) is 1.72. The average molecular weight is 227 g/mol. The number of nitrogens with zero attached hydrogens (tertiary/aromatic N) is 2. The van der Waals surface area contributed by atoms with E-state index in [2.05, 4.69) is 48.1 Å². The molecule has 0 aliphatic heterocycles. The zero-order chi connectivity index (χ0) is 12.3. The lowest BCUT2D eigenvalue weighted by atomic mass is 10.2. The number of aryl methyl sites for hydroxylation is 1. The molecule has 0 radical (unpaired) electrons. The van der Waals surface area contributed by atoms with Crippen molar-refractivity contribution in [3.05, 3.63) is 53.9 Å². The van der Waals surface area contributed by atoms with Crippen LogP contribution in [0.3, 0.4) is 0 Å². The Balaban J connectivity index is 2.11. The molecule has 0 aliphatic carbocycles. The molecule has 2 aromatic rings. The van der Waals surface area contributed by atoms with E-state index in [4.69, 9.17) is 5.73 Å². The highest BCUT2D eigenvalue weighted by atomic mass is 15.1.